The lowest BCUT2D eigenvalue weighted by atomic mass is 9.98. The summed E-state index contributed by atoms with van der Waals surface area (Å²) in [4.78, 5) is 31.0. The first-order valence-corrected chi connectivity index (χ1v) is 13.6. The molecule has 0 radical (unpaired) electrons. The maximum absolute atomic E-state index is 11.9. The second kappa shape index (κ2) is 12.1. The average Bonchev–Trinajstić information content (AvgIpc) is 2.98. The quantitative estimate of drug-likeness (QED) is 0.149. The summed E-state index contributed by atoms with van der Waals surface area (Å²) in [6.45, 7) is 2.25. The molecule has 0 aliphatic rings. The van der Waals surface area contributed by atoms with Crippen LogP contribution in [-0.2, 0) is 6.42 Å². The summed E-state index contributed by atoms with van der Waals surface area (Å²) in [5.41, 5.74) is 1.81. The summed E-state index contributed by atoms with van der Waals surface area (Å²) in [6, 6.07) is 19.5. The molecule has 0 aliphatic carbocycles. The molecule has 10 nitrogen and oxygen atoms in total. The molecule has 0 amide bonds. The lowest BCUT2D eigenvalue weighted by Crippen LogP contribution is -2.40. The van der Waals surface area contributed by atoms with E-state index in [0.29, 0.717) is 28.3 Å². The summed E-state index contributed by atoms with van der Waals surface area (Å²) >= 11 is 0. The third-order valence-electron chi connectivity index (χ3n) is 7.66. The van der Waals surface area contributed by atoms with Crippen molar-refractivity contribution in [2.24, 2.45) is 0 Å². The Labute approximate surface area is 241 Å². The van der Waals surface area contributed by atoms with E-state index in [1.54, 1.807) is 31.4 Å². The van der Waals surface area contributed by atoms with Crippen molar-refractivity contribution in [1.29, 1.82) is 0 Å². The van der Waals surface area contributed by atoms with Crippen molar-refractivity contribution in [2.75, 3.05) is 20.2 Å². The van der Waals surface area contributed by atoms with Crippen LogP contribution >= 0.6 is 0 Å². The second-order valence-electron chi connectivity index (χ2n) is 10.5. The van der Waals surface area contributed by atoms with Gasteiger partial charge in [-0.2, -0.15) is 0 Å². The van der Waals surface area contributed by atoms with Gasteiger partial charge >= 0.3 is 0 Å². The first-order valence-electron chi connectivity index (χ1n) is 13.6. The minimum absolute atomic E-state index is 0.101. The number of fused-ring (bicyclic) bond motifs is 2. The predicted octanol–water partition coefficient (Wildman–Crippen LogP) is 3.49. The standard InChI is InChI=1S/C32H33N3O7/c1-18(15-19-3-5-20(42-2)6-4-19)35(16-27(38)21-7-11-25(36)31-23(21)9-13-29(40)33-31)17-28(39)22-8-12-26(37)32-24(22)10-14-30(41)34-32/h3-14,18,27-28,36-39H,15-17H2,1-2H3,(H,33,40)(H,34,41)/t18-,27+,28+/m0/s1. The molecule has 0 spiro atoms. The van der Waals surface area contributed by atoms with Crippen molar-refractivity contribution in [3.63, 3.8) is 0 Å². The number of benzene rings is 3. The Hall–Kier alpha value is -4.64. The van der Waals surface area contributed by atoms with Gasteiger partial charge in [0.1, 0.15) is 17.2 Å². The Morgan fingerprint density at radius 2 is 1.19 bits per heavy atom. The zero-order chi connectivity index (χ0) is 30.0. The van der Waals surface area contributed by atoms with Gasteiger partial charge in [-0.1, -0.05) is 24.3 Å². The molecule has 2 aromatic heterocycles. The number of aliphatic hydroxyl groups excluding tert-OH is 2. The third-order valence-corrected chi connectivity index (χ3v) is 7.66. The first-order chi connectivity index (χ1) is 20.1. The summed E-state index contributed by atoms with van der Waals surface area (Å²) in [5, 5.41) is 44.6. The molecule has 218 valence electrons. The highest BCUT2D eigenvalue weighted by Crippen LogP contribution is 2.32. The van der Waals surface area contributed by atoms with E-state index in [2.05, 4.69) is 9.97 Å². The van der Waals surface area contributed by atoms with Crippen LogP contribution < -0.4 is 15.9 Å². The van der Waals surface area contributed by atoms with Gasteiger partial charge in [0.25, 0.3) is 0 Å². The molecular weight excluding hydrogens is 538 g/mol. The van der Waals surface area contributed by atoms with E-state index >= 15 is 0 Å². The smallest absolute Gasteiger partial charge is 0.248 e. The summed E-state index contributed by atoms with van der Waals surface area (Å²) < 4.78 is 5.27. The van der Waals surface area contributed by atoms with Crippen LogP contribution in [0.2, 0.25) is 0 Å². The van der Waals surface area contributed by atoms with Gasteiger partial charge < -0.3 is 35.1 Å². The Bertz CT molecular complexity index is 1720. The van der Waals surface area contributed by atoms with Crippen molar-refractivity contribution in [3.05, 3.63) is 110 Å². The fourth-order valence-electron chi connectivity index (χ4n) is 5.41. The van der Waals surface area contributed by atoms with Crippen molar-refractivity contribution < 1.29 is 25.2 Å². The number of nitrogens with one attached hydrogen (secondary N) is 2. The van der Waals surface area contributed by atoms with Crippen LogP contribution in [0.3, 0.4) is 0 Å². The van der Waals surface area contributed by atoms with E-state index in [9.17, 15) is 30.0 Å². The number of hydrogen-bond donors (Lipinski definition) is 6. The normalized spacial score (nSPS) is 13.8. The van der Waals surface area contributed by atoms with E-state index in [1.807, 2.05) is 36.1 Å². The topological polar surface area (TPSA) is 159 Å². The Kier molecular flexibility index (Phi) is 8.30. The van der Waals surface area contributed by atoms with Crippen molar-refractivity contribution >= 4 is 21.8 Å². The summed E-state index contributed by atoms with van der Waals surface area (Å²) in [7, 11) is 1.60. The molecule has 42 heavy (non-hydrogen) atoms. The molecule has 2 heterocycles. The van der Waals surface area contributed by atoms with Gasteiger partial charge in [0, 0.05) is 42.0 Å². The van der Waals surface area contributed by atoms with Crippen LogP contribution in [0.4, 0.5) is 0 Å². The second-order valence-corrected chi connectivity index (χ2v) is 10.5. The molecular formula is C32H33N3O7. The molecule has 6 N–H and O–H groups in total. The molecule has 0 saturated heterocycles. The lowest BCUT2D eigenvalue weighted by molar-refractivity contribution is 0.0490. The van der Waals surface area contributed by atoms with E-state index in [0.717, 1.165) is 11.3 Å². The van der Waals surface area contributed by atoms with Crippen LogP contribution in [0, 0.1) is 0 Å². The van der Waals surface area contributed by atoms with Crippen LogP contribution in [0.5, 0.6) is 17.2 Å². The number of ether oxygens (including phenoxy) is 1. The fourth-order valence-corrected chi connectivity index (χ4v) is 5.41. The highest BCUT2D eigenvalue weighted by atomic mass is 16.5. The first kappa shape index (κ1) is 28.9. The fraction of sp³-hybridized carbons (Fsp3) is 0.250. The predicted molar refractivity (Wildman–Crippen MR) is 160 cm³/mol. The molecule has 10 heteroatoms. The van der Waals surface area contributed by atoms with E-state index in [-0.39, 0.29) is 52.8 Å². The number of hydrogen-bond acceptors (Lipinski definition) is 8. The number of aromatic nitrogens is 2. The molecule has 0 bridgehead atoms. The number of methoxy groups -OCH3 is 1. The number of aromatic hydroxyl groups is 2. The van der Waals surface area contributed by atoms with Gasteiger partial charge in [0.15, 0.2) is 0 Å². The van der Waals surface area contributed by atoms with Crippen molar-refractivity contribution in [1.82, 2.24) is 14.9 Å². The van der Waals surface area contributed by atoms with E-state index < -0.39 is 12.2 Å². The number of aromatic amines is 2. The maximum atomic E-state index is 11.9. The minimum Gasteiger partial charge on any atom is -0.506 e. The van der Waals surface area contributed by atoms with Crippen LogP contribution in [0.1, 0.15) is 35.8 Å². The highest BCUT2D eigenvalue weighted by molar-refractivity contribution is 5.88. The molecule has 0 fully saturated rings. The SMILES string of the molecule is COc1ccc(C[C@H](C)N(C[C@@H](O)c2ccc(O)c3[nH]c(=O)ccc23)C[C@@H](O)c2ccc(O)c3[nH]c(=O)ccc23)cc1. The molecule has 5 rings (SSSR count). The van der Waals surface area contributed by atoms with Crippen LogP contribution in [0.15, 0.2) is 82.4 Å². The van der Waals surface area contributed by atoms with Crippen LogP contribution in [0.25, 0.3) is 21.8 Å². The number of rotatable bonds is 10. The van der Waals surface area contributed by atoms with Gasteiger partial charge in [-0.05, 0) is 66.4 Å². The molecule has 0 unspecified atom stereocenters. The Morgan fingerprint density at radius 3 is 1.64 bits per heavy atom. The molecule has 5 aromatic rings. The van der Waals surface area contributed by atoms with Crippen molar-refractivity contribution in [2.45, 2.75) is 31.6 Å². The summed E-state index contributed by atoms with van der Waals surface area (Å²) in [6.07, 6.45) is -1.45. The van der Waals surface area contributed by atoms with Crippen LogP contribution in [-0.4, -0.2) is 61.5 Å². The maximum Gasteiger partial charge on any atom is 0.248 e. The molecule has 3 aromatic carbocycles. The number of H-pyrrole nitrogens is 2. The molecule has 3 atom stereocenters. The van der Waals surface area contributed by atoms with Crippen molar-refractivity contribution in [3.8, 4) is 17.2 Å². The van der Waals surface area contributed by atoms with Gasteiger partial charge in [-0.3, -0.25) is 14.5 Å². The monoisotopic (exact) mass is 571 g/mol. The average molecular weight is 572 g/mol. The number of pyridine rings is 2. The minimum atomic E-state index is -1.03. The summed E-state index contributed by atoms with van der Waals surface area (Å²) in [5.74, 6) is 0.538. The van der Waals surface area contributed by atoms with Gasteiger partial charge in [-0.25, -0.2) is 0 Å². The zero-order valence-electron chi connectivity index (χ0n) is 23.2. The third kappa shape index (κ3) is 6.01. The number of phenolic OH excluding ortho intramolecular Hbond substituents is 2. The van der Waals surface area contributed by atoms with Gasteiger partial charge in [-0.15, -0.1) is 0 Å². The Morgan fingerprint density at radius 1 is 0.714 bits per heavy atom. The lowest BCUT2D eigenvalue weighted by Gasteiger charge is -2.33. The number of phenols is 2. The zero-order valence-corrected chi connectivity index (χ0v) is 23.2. The van der Waals surface area contributed by atoms with Gasteiger partial charge in [0.2, 0.25) is 11.1 Å². The van der Waals surface area contributed by atoms with Gasteiger partial charge in [0.05, 0.1) is 30.4 Å². The number of nitrogens with zero attached hydrogens (tertiary/aromatic N) is 1. The van der Waals surface area contributed by atoms with E-state index in [4.69, 9.17) is 4.74 Å². The van der Waals surface area contributed by atoms with E-state index in [1.165, 1.54) is 24.3 Å². The largest absolute Gasteiger partial charge is 0.506 e. The molecule has 0 aliphatic heterocycles. The number of aliphatic hydroxyl groups is 2. The molecule has 0 saturated carbocycles. The highest BCUT2D eigenvalue weighted by Gasteiger charge is 2.25. The Balaban J connectivity index is 1.48.